The molecular weight excluding hydrogens is 280 g/mol. The Kier molecular flexibility index (Phi) is 3.70. The molecule has 0 radical (unpaired) electrons. The first-order valence-corrected chi connectivity index (χ1v) is 6.89. The van der Waals surface area contributed by atoms with Crippen molar-refractivity contribution < 1.29 is 14.3 Å². The van der Waals surface area contributed by atoms with Crippen molar-refractivity contribution in [2.75, 3.05) is 5.73 Å². The Bertz CT molecular complexity index is 809. The third-order valence-corrected chi connectivity index (χ3v) is 3.19. The van der Waals surface area contributed by atoms with Gasteiger partial charge in [0.05, 0.1) is 5.52 Å². The van der Waals surface area contributed by atoms with Crippen LogP contribution in [-0.2, 0) is 11.4 Å². The van der Waals surface area contributed by atoms with Crippen LogP contribution >= 0.6 is 0 Å². The maximum absolute atomic E-state index is 11.1. The minimum atomic E-state index is -0.383. The van der Waals surface area contributed by atoms with Crippen molar-refractivity contribution in [1.82, 2.24) is 4.98 Å². The van der Waals surface area contributed by atoms with E-state index in [9.17, 15) is 4.79 Å². The molecule has 5 heteroatoms. The molecule has 0 unspecified atom stereocenters. The number of hydrogen-bond acceptors (Lipinski definition) is 4. The van der Waals surface area contributed by atoms with Gasteiger partial charge in [-0.2, -0.15) is 0 Å². The fourth-order valence-corrected chi connectivity index (χ4v) is 2.26. The summed E-state index contributed by atoms with van der Waals surface area (Å²) in [6.07, 6.45) is 0. The van der Waals surface area contributed by atoms with Crippen molar-refractivity contribution >= 4 is 22.6 Å². The summed E-state index contributed by atoms with van der Waals surface area (Å²) in [5.41, 5.74) is 8.30. The molecule has 112 valence electrons. The molecule has 0 amide bonds. The second-order valence-corrected chi connectivity index (χ2v) is 4.98. The number of fused-ring (bicyclic) bond motifs is 1. The van der Waals surface area contributed by atoms with Gasteiger partial charge in [0.25, 0.3) is 0 Å². The van der Waals surface area contributed by atoms with Gasteiger partial charge in [-0.3, -0.25) is 4.79 Å². The van der Waals surface area contributed by atoms with E-state index in [1.807, 2.05) is 30.3 Å². The maximum Gasteiger partial charge on any atom is 0.309 e. The first-order chi connectivity index (χ1) is 10.6. The molecule has 0 aliphatic rings. The summed E-state index contributed by atoms with van der Waals surface area (Å²) in [4.78, 5) is 14.1. The lowest BCUT2D eigenvalue weighted by atomic mass is 10.2. The van der Waals surface area contributed by atoms with Crippen LogP contribution in [0.2, 0.25) is 0 Å². The quantitative estimate of drug-likeness (QED) is 0.572. The fourth-order valence-electron chi connectivity index (χ4n) is 2.26. The average molecular weight is 296 g/mol. The molecule has 0 aliphatic carbocycles. The summed E-state index contributed by atoms with van der Waals surface area (Å²) in [6, 6.07) is 15.1. The first kappa shape index (κ1) is 14.0. The predicted octanol–water partition coefficient (Wildman–Crippen LogP) is 3.25. The Morgan fingerprint density at radius 1 is 1.18 bits per heavy atom. The highest BCUT2D eigenvalue weighted by Gasteiger charge is 2.10. The van der Waals surface area contributed by atoms with E-state index in [1.54, 1.807) is 18.2 Å². The average Bonchev–Trinajstić information content (AvgIpc) is 2.87. The molecule has 0 bridgehead atoms. The Hall–Kier alpha value is -2.95. The van der Waals surface area contributed by atoms with Gasteiger partial charge in [0, 0.05) is 30.1 Å². The largest absolute Gasteiger partial charge is 0.488 e. The molecule has 0 spiro atoms. The molecule has 0 fully saturated rings. The van der Waals surface area contributed by atoms with Gasteiger partial charge in [0.2, 0.25) is 5.88 Å². The van der Waals surface area contributed by atoms with Gasteiger partial charge in [-0.25, -0.2) is 0 Å². The molecule has 5 nitrogen and oxygen atoms in total. The number of aromatic nitrogens is 1. The Morgan fingerprint density at radius 3 is 2.68 bits per heavy atom. The number of anilines is 1. The fraction of sp³-hybridized carbons (Fsp3) is 0.118. The number of nitrogen functional groups attached to an aromatic ring is 1. The number of ether oxygens (including phenoxy) is 2. The Balaban J connectivity index is 1.90. The third kappa shape index (κ3) is 3.03. The van der Waals surface area contributed by atoms with E-state index in [0.717, 1.165) is 16.5 Å². The topological polar surface area (TPSA) is 77.3 Å². The number of nitrogens with two attached hydrogens (primary N) is 1. The zero-order valence-electron chi connectivity index (χ0n) is 12.1. The molecular formula is C17H16N2O3. The normalized spacial score (nSPS) is 10.6. The lowest BCUT2D eigenvalue weighted by molar-refractivity contribution is -0.132. The van der Waals surface area contributed by atoms with Crippen molar-refractivity contribution in [3.05, 3.63) is 54.1 Å². The van der Waals surface area contributed by atoms with Gasteiger partial charge >= 0.3 is 5.97 Å². The van der Waals surface area contributed by atoms with Crippen molar-refractivity contribution in [2.45, 2.75) is 13.5 Å². The van der Waals surface area contributed by atoms with E-state index in [4.69, 9.17) is 15.2 Å². The van der Waals surface area contributed by atoms with E-state index in [-0.39, 0.29) is 5.97 Å². The molecule has 0 atom stereocenters. The highest BCUT2D eigenvalue weighted by atomic mass is 16.5. The highest BCUT2D eigenvalue weighted by molar-refractivity contribution is 5.91. The molecule has 0 saturated carbocycles. The SMILES string of the molecule is CC(=O)Oc1cc2c(OCc3ccccc3)cc(N)cc2[nH]1. The maximum atomic E-state index is 11.1. The standard InChI is InChI=1S/C17H16N2O3/c1-11(20)22-17-9-14-15(19-17)7-13(18)8-16(14)21-10-12-5-3-2-4-6-12/h2-9,19H,10,18H2,1H3. The zero-order chi connectivity index (χ0) is 15.5. The number of rotatable bonds is 4. The van der Waals surface area contributed by atoms with Gasteiger partial charge in [-0.1, -0.05) is 30.3 Å². The number of esters is 1. The van der Waals surface area contributed by atoms with Crippen LogP contribution in [0.25, 0.3) is 10.9 Å². The summed E-state index contributed by atoms with van der Waals surface area (Å²) in [5, 5.41) is 0.821. The number of aromatic amines is 1. The van der Waals surface area contributed by atoms with E-state index >= 15 is 0 Å². The van der Waals surface area contributed by atoms with Crippen LogP contribution in [0.5, 0.6) is 11.6 Å². The van der Waals surface area contributed by atoms with Crippen molar-refractivity contribution in [3.8, 4) is 11.6 Å². The molecule has 1 heterocycles. The van der Waals surface area contributed by atoms with Crippen LogP contribution in [0, 0.1) is 0 Å². The van der Waals surface area contributed by atoms with Crippen LogP contribution < -0.4 is 15.2 Å². The first-order valence-electron chi connectivity index (χ1n) is 6.89. The number of benzene rings is 2. The van der Waals surface area contributed by atoms with Crippen molar-refractivity contribution in [3.63, 3.8) is 0 Å². The second-order valence-electron chi connectivity index (χ2n) is 4.98. The monoisotopic (exact) mass is 296 g/mol. The molecule has 22 heavy (non-hydrogen) atoms. The predicted molar refractivity (Wildman–Crippen MR) is 84.8 cm³/mol. The van der Waals surface area contributed by atoms with Crippen LogP contribution in [0.3, 0.4) is 0 Å². The number of H-pyrrole nitrogens is 1. The van der Waals surface area contributed by atoms with Gasteiger partial charge in [-0.15, -0.1) is 0 Å². The van der Waals surface area contributed by atoms with Gasteiger partial charge in [0.15, 0.2) is 0 Å². The van der Waals surface area contributed by atoms with E-state index in [2.05, 4.69) is 4.98 Å². The minimum absolute atomic E-state index is 0.373. The number of hydrogen-bond donors (Lipinski definition) is 2. The Labute approximate surface area is 127 Å². The smallest absolute Gasteiger partial charge is 0.309 e. The summed E-state index contributed by atoms with van der Waals surface area (Å²) >= 11 is 0. The third-order valence-electron chi connectivity index (χ3n) is 3.19. The second kappa shape index (κ2) is 5.81. The van der Waals surface area contributed by atoms with Crippen molar-refractivity contribution in [1.29, 1.82) is 0 Å². The molecule has 1 aromatic heterocycles. The summed E-state index contributed by atoms with van der Waals surface area (Å²) < 4.78 is 10.9. The van der Waals surface area contributed by atoms with E-state index in [1.165, 1.54) is 6.92 Å². The summed E-state index contributed by atoms with van der Waals surface area (Å²) in [7, 11) is 0. The van der Waals surface area contributed by atoms with Crippen LogP contribution in [-0.4, -0.2) is 11.0 Å². The molecule has 0 aliphatic heterocycles. The minimum Gasteiger partial charge on any atom is -0.488 e. The van der Waals surface area contributed by atoms with Crippen LogP contribution in [0.4, 0.5) is 5.69 Å². The summed E-state index contributed by atoms with van der Waals surface area (Å²) in [5.74, 6) is 0.637. The van der Waals surface area contributed by atoms with Gasteiger partial charge < -0.3 is 20.2 Å². The zero-order valence-corrected chi connectivity index (χ0v) is 12.1. The lowest BCUT2D eigenvalue weighted by Gasteiger charge is -2.08. The molecule has 3 rings (SSSR count). The van der Waals surface area contributed by atoms with E-state index in [0.29, 0.717) is 23.9 Å². The van der Waals surface area contributed by atoms with Crippen LogP contribution in [0.15, 0.2) is 48.5 Å². The Morgan fingerprint density at radius 2 is 1.95 bits per heavy atom. The molecule has 3 N–H and O–H groups in total. The molecule has 2 aromatic carbocycles. The number of carbonyl (C=O) groups is 1. The van der Waals surface area contributed by atoms with Crippen molar-refractivity contribution in [2.24, 2.45) is 0 Å². The van der Waals surface area contributed by atoms with Crippen LogP contribution in [0.1, 0.15) is 12.5 Å². The molecule has 0 saturated heterocycles. The number of carbonyl (C=O) groups excluding carboxylic acids is 1. The van der Waals surface area contributed by atoms with Gasteiger partial charge in [0.1, 0.15) is 12.4 Å². The summed E-state index contributed by atoms with van der Waals surface area (Å²) in [6.45, 7) is 1.79. The van der Waals surface area contributed by atoms with E-state index < -0.39 is 0 Å². The van der Waals surface area contributed by atoms with Gasteiger partial charge in [-0.05, 0) is 11.6 Å². The lowest BCUT2D eigenvalue weighted by Crippen LogP contribution is -2.00. The molecule has 3 aromatic rings. The highest BCUT2D eigenvalue weighted by Crippen LogP contribution is 2.32. The number of nitrogens with one attached hydrogen (secondary N) is 1.